The van der Waals surface area contributed by atoms with Crippen molar-refractivity contribution < 1.29 is 9.53 Å². The fraction of sp³-hybridized carbons (Fsp3) is 0.238. The minimum atomic E-state index is -0.196. The van der Waals surface area contributed by atoms with Crippen LogP contribution in [0.4, 0.5) is 5.13 Å². The maximum atomic E-state index is 12.2. The quantitative estimate of drug-likeness (QED) is 0.577. The molecule has 0 fully saturated rings. The molecule has 0 saturated heterocycles. The summed E-state index contributed by atoms with van der Waals surface area (Å²) < 4.78 is 6.28. The zero-order valence-corrected chi connectivity index (χ0v) is 15.8. The second-order valence-corrected chi connectivity index (χ2v) is 7.05. The summed E-state index contributed by atoms with van der Waals surface area (Å²) in [5, 5.41) is 3.46. The van der Waals surface area contributed by atoms with E-state index in [0.29, 0.717) is 5.13 Å². The molecule has 2 aromatic carbocycles. The lowest BCUT2D eigenvalue weighted by molar-refractivity contribution is -0.111. The molecule has 0 unspecified atom stereocenters. The third kappa shape index (κ3) is 4.70. The zero-order valence-electron chi connectivity index (χ0n) is 15.0. The number of thiazole rings is 1. The lowest BCUT2D eigenvalue weighted by Crippen LogP contribution is -2.07. The first-order valence-electron chi connectivity index (χ1n) is 8.70. The first-order valence-corrected chi connectivity index (χ1v) is 9.52. The number of aryl methyl sites for hydroxylation is 1. The summed E-state index contributed by atoms with van der Waals surface area (Å²) in [7, 11) is 1.62. The number of methoxy groups -OCH3 is 1. The van der Waals surface area contributed by atoms with Crippen LogP contribution in [0, 0.1) is 0 Å². The van der Waals surface area contributed by atoms with Crippen molar-refractivity contribution in [1.82, 2.24) is 4.98 Å². The summed E-state index contributed by atoms with van der Waals surface area (Å²) in [6.45, 7) is 2.19. The van der Waals surface area contributed by atoms with Crippen molar-refractivity contribution in [2.24, 2.45) is 0 Å². The first-order chi connectivity index (χ1) is 12.7. The summed E-state index contributed by atoms with van der Waals surface area (Å²) >= 11 is 1.50. The molecule has 3 aromatic rings. The molecule has 0 saturated carbocycles. The van der Waals surface area contributed by atoms with Crippen LogP contribution in [0.25, 0.3) is 16.3 Å². The average Bonchev–Trinajstić information content (AvgIpc) is 3.06. The molecule has 1 N–H and O–H groups in total. The van der Waals surface area contributed by atoms with E-state index in [0.717, 1.165) is 28.0 Å². The van der Waals surface area contributed by atoms with Gasteiger partial charge in [0.1, 0.15) is 5.75 Å². The molecule has 0 spiro atoms. The molecule has 26 heavy (non-hydrogen) atoms. The Morgan fingerprint density at radius 2 is 2.15 bits per heavy atom. The Labute approximate surface area is 157 Å². The van der Waals surface area contributed by atoms with Crippen LogP contribution in [0.2, 0.25) is 0 Å². The van der Waals surface area contributed by atoms with Gasteiger partial charge >= 0.3 is 0 Å². The number of hydrogen-bond acceptors (Lipinski definition) is 4. The molecule has 134 valence electrons. The number of ether oxygens (including phenoxy) is 1. The normalized spacial score (nSPS) is 11.2. The highest BCUT2D eigenvalue weighted by Gasteiger charge is 2.07. The van der Waals surface area contributed by atoms with Gasteiger partial charge < -0.3 is 4.74 Å². The Morgan fingerprint density at radius 3 is 2.96 bits per heavy atom. The van der Waals surface area contributed by atoms with Crippen LogP contribution in [0.15, 0.2) is 48.5 Å². The van der Waals surface area contributed by atoms with Gasteiger partial charge in [-0.1, -0.05) is 42.9 Å². The standard InChI is InChI=1S/C21H22N2O2S/c1-3-4-6-16-9-11-18-19(14-16)26-21(22-18)23-20(24)12-10-15-7-5-8-17(13-15)25-2/h5,7-14H,3-4,6H2,1-2H3,(H,22,23,24)/b12-10+. The minimum absolute atomic E-state index is 0.196. The number of fused-ring (bicyclic) bond motifs is 1. The van der Waals surface area contributed by atoms with E-state index in [1.54, 1.807) is 13.2 Å². The number of nitrogens with one attached hydrogen (secondary N) is 1. The maximum absolute atomic E-state index is 12.2. The number of benzene rings is 2. The third-order valence-corrected chi connectivity index (χ3v) is 4.96. The van der Waals surface area contributed by atoms with Crippen molar-refractivity contribution in [3.63, 3.8) is 0 Å². The first kappa shape index (κ1) is 18.1. The van der Waals surface area contributed by atoms with E-state index in [9.17, 15) is 4.79 Å². The predicted molar refractivity (Wildman–Crippen MR) is 109 cm³/mol. The van der Waals surface area contributed by atoms with Crippen molar-refractivity contribution in [3.8, 4) is 5.75 Å². The van der Waals surface area contributed by atoms with E-state index >= 15 is 0 Å². The summed E-state index contributed by atoms with van der Waals surface area (Å²) in [6.07, 6.45) is 6.71. The highest BCUT2D eigenvalue weighted by molar-refractivity contribution is 7.22. The highest BCUT2D eigenvalue weighted by atomic mass is 32.1. The van der Waals surface area contributed by atoms with Gasteiger partial charge in [-0.3, -0.25) is 10.1 Å². The van der Waals surface area contributed by atoms with E-state index in [2.05, 4.69) is 29.4 Å². The predicted octanol–water partition coefficient (Wildman–Crippen LogP) is 5.30. The molecule has 0 radical (unpaired) electrons. The van der Waals surface area contributed by atoms with Gasteiger partial charge in [-0.15, -0.1) is 0 Å². The van der Waals surface area contributed by atoms with E-state index in [1.165, 1.54) is 35.8 Å². The number of hydrogen-bond donors (Lipinski definition) is 1. The smallest absolute Gasteiger partial charge is 0.250 e. The van der Waals surface area contributed by atoms with Gasteiger partial charge in [0.2, 0.25) is 5.91 Å². The van der Waals surface area contributed by atoms with Crippen LogP contribution in [0.5, 0.6) is 5.75 Å². The molecule has 1 aromatic heterocycles. The third-order valence-electron chi connectivity index (χ3n) is 4.02. The molecule has 1 heterocycles. The highest BCUT2D eigenvalue weighted by Crippen LogP contribution is 2.27. The van der Waals surface area contributed by atoms with E-state index in [-0.39, 0.29) is 5.91 Å². The molecule has 0 aliphatic heterocycles. The summed E-state index contributed by atoms with van der Waals surface area (Å²) in [5.41, 5.74) is 3.14. The number of carbonyl (C=O) groups is 1. The Hall–Kier alpha value is -2.66. The number of rotatable bonds is 7. The molecule has 1 amide bonds. The van der Waals surface area contributed by atoms with Gasteiger partial charge in [-0.05, 0) is 54.3 Å². The van der Waals surface area contributed by atoms with Crippen LogP contribution >= 0.6 is 11.3 Å². The van der Waals surface area contributed by atoms with E-state index < -0.39 is 0 Å². The van der Waals surface area contributed by atoms with Gasteiger partial charge in [0, 0.05) is 6.08 Å². The van der Waals surface area contributed by atoms with Gasteiger partial charge in [0.15, 0.2) is 5.13 Å². The monoisotopic (exact) mass is 366 g/mol. The van der Waals surface area contributed by atoms with Crippen molar-refractivity contribution in [2.75, 3.05) is 12.4 Å². The summed E-state index contributed by atoms with van der Waals surface area (Å²) in [4.78, 5) is 16.7. The van der Waals surface area contributed by atoms with Crippen LogP contribution in [-0.4, -0.2) is 18.0 Å². The molecule has 0 atom stereocenters. The Balaban J connectivity index is 1.67. The fourth-order valence-corrected chi connectivity index (χ4v) is 3.56. The molecule has 3 rings (SSSR count). The van der Waals surface area contributed by atoms with Gasteiger partial charge in [0.05, 0.1) is 17.3 Å². The molecule has 0 aliphatic carbocycles. The Bertz CT molecular complexity index is 931. The van der Waals surface area contributed by atoms with Crippen LogP contribution in [0.1, 0.15) is 30.9 Å². The van der Waals surface area contributed by atoms with Crippen LogP contribution < -0.4 is 10.1 Å². The number of nitrogens with zero attached hydrogens (tertiary/aromatic N) is 1. The molecule has 5 heteroatoms. The van der Waals surface area contributed by atoms with Crippen molar-refractivity contribution in [3.05, 3.63) is 59.7 Å². The Kier molecular flexibility index (Phi) is 6.02. The SMILES string of the molecule is CCCCc1ccc2nc(NC(=O)/C=C/c3cccc(OC)c3)sc2c1. The zero-order chi connectivity index (χ0) is 18.4. The maximum Gasteiger partial charge on any atom is 0.250 e. The topological polar surface area (TPSA) is 51.2 Å². The number of unbranched alkanes of at least 4 members (excludes halogenated alkanes) is 1. The van der Waals surface area contributed by atoms with E-state index in [1.807, 2.05) is 30.3 Å². The van der Waals surface area contributed by atoms with Crippen molar-refractivity contribution in [1.29, 1.82) is 0 Å². The number of aromatic nitrogens is 1. The molecular weight excluding hydrogens is 344 g/mol. The van der Waals surface area contributed by atoms with Crippen LogP contribution in [-0.2, 0) is 11.2 Å². The van der Waals surface area contributed by atoms with Gasteiger partial charge in [-0.2, -0.15) is 0 Å². The number of anilines is 1. The van der Waals surface area contributed by atoms with Crippen molar-refractivity contribution >= 4 is 38.7 Å². The number of carbonyl (C=O) groups excluding carboxylic acids is 1. The Morgan fingerprint density at radius 1 is 1.27 bits per heavy atom. The number of amides is 1. The van der Waals surface area contributed by atoms with Crippen LogP contribution in [0.3, 0.4) is 0 Å². The summed E-state index contributed by atoms with van der Waals surface area (Å²) in [6, 6.07) is 13.9. The lowest BCUT2D eigenvalue weighted by atomic mass is 10.1. The van der Waals surface area contributed by atoms with E-state index in [4.69, 9.17) is 4.74 Å². The second-order valence-electron chi connectivity index (χ2n) is 6.02. The molecule has 4 nitrogen and oxygen atoms in total. The van der Waals surface area contributed by atoms with Crippen molar-refractivity contribution in [2.45, 2.75) is 26.2 Å². The lowest BCUT2D eigenvalue weighted by Gasteiger charge is -2.00. The fourth-order valence-electron chi connectivity index (χ4n) is 2.62. The molecule has 0 bridgehead atoms. The second kappa shape index (κ2) is 8.63. The molecule has 0 aliphatic rings. The van der Waals surface area contributed by atoms with Gasteiger partial charge in [-0.25, -0.2) is 4.98 Å². The van der Waals surface area contributed by atoms with Gasteiger partial charge in [0.25, 0.3) is 0 Å². The largest absolute Gasteiger partial charge is 0.497 e. The average molecular weight is 366 g/mol. The molecular formula is C21H22N2O2S. The summed E-state index contributed by atoms with van der Waals surface area (Å²) in [5.74, 6) is 0.565. The minimum Gasteiger partial charge on any atom is -0.497 e.